The number of carbonyl (C=O) groups excluding carboxylic acids is 1. The van der Waals surface area contributed by atoms with Gasteiger partial charge in [0.05, 0.1) is 18.6 Å². The molecule has 1 aliphatic heterocycles. The Hall–Kier alpha value is -1.92. The molecule has 6 heteroatoms. The van der Waals surface area contributed by atoms with Crippen LogP contribution >= 0.6 is 0 Å². The highest BCUT2D eigenvalue weighted by Crippen LogP contribution is 2.23. The number of nitrogens with zero attached hydrogens (tertiary/aromatic N) is 1. The Morgan fingerprint density at radius 2 is 2.10 bits per heavy atom. The third-order valence-electron chi connectivity index (χ3n) is 3.31. The minimum absolute atomic E-state index is 0.0411. The number of carbonyl (C=O) groups is 1. The molecular formula is C14H18N2O4. The predicted octanol–water partition coefficient (Wildman–Crippen LogP) is 1.51. The molecule has 0 saturated carbocycles. The molecule has 0 aromatic heterocycles. The summed E-state index contributed by atoms with van der Waals surface area (Å²) < 4.78 is 10.5. The minimum atomic E-state index is -0.374. The molecule has 6 nitrogen and oxygen atoms in total. The second kappa shape index (κ2) is 6.02. The zero-order valence-corrected chi connectivity index (χ0v) is 11.5. The number of hydrogen-bond donors (Lipinski definition) is 2. The van der Waals surface area contributed by atoms with Crippen LogP contribution in [0.5, 0.6) is 5.75 Å². The van der Waals surface area contributed by atoms with Crippen LogP contribution in [0.3, 0.4) is 0 Å². The maximum Gasteiger partial charge on any atom is 0.271 e. The molecule has 1 aliphatic rings. The number of hydrogen-bond acceptors (Lipinski definition) is 5. The fourth-order valence-electron chi connectivity index (χ4n) is 1.82. The van der Waals surface area contributed by atoms with Crippen LogP contribution in [0.1, 0.15) is 24.2 Å². The third kappa shape index (κ3) is 3.34. The Balaban J connectivity index is 2.03. The lowest BCUT2D eigenvalue weighted by molar-refractivity contribution is -0.138. The first-order chi connectivity index (χ1) is 9.51. The summed E-state index contributed by atoms with van der Waals surface area (Å²) >= 11 is 0. The fraction of sp³-hybridized carbons (Fsp3) is 0.429. The van der Waals surface area contributed by atoms with Crippen LogP contribution in [-0.2, 0) is 9.47 Å². The molecule has 1 aromatic carbocycles. The SMILES string of the molecule is C/C(=N\NC(=O)c1cccc(O)c1)C1(C)COCOC1. The van der Waals surface area contributed by atoms with E-state index in [1.54, 1.807) is 12.1 Å². The molecule has 1 heterocycles. The lowest BCUT2D eigenvalue weighted by atomic mass is 9.87. The van der Waals surface area contributed by atoms with Crippen molar-refractivity contribution in [1.29, 1.82) is 0 Å². The van der Waals surface area contributed by atoms with E-state index >= 15 is 0 Å². The topological polar surface area (TPSA) is 80.2 Å². The average molecular weight is 278 g/mol. The van der Waals surface area contributed by atoms with E-state index in [-0.39, 0.29) is 17.1 Å². The Morgan fingerprint density at radius 3 is 2.75 bits per heavy atom. The summed E-state index contributed by atoms with van der Waals surface area (Å²) in [4.78, 5) is 11.9. The molecule has 108 valence electrons. The van der Waals surface area contributed by atoms with Crippen molar-refractivity contribution in [3.63, 3.8) is 0 Å². The van der Waals surface area contributed by atoms with Gasteiger partial charge in [0.25, 0.3) is 5.91 Å². The number of nitrogens with one attached hydrogen (secondary N) is 1. The van der Waals surface area contributed by atoms with Crippen molar-refractivity contribution in [2.24, 2.45) is 10.5 Å². The normalized spacial score (nSPS) is 18.6. The number of amides is 1. The molecular weight excluding hydrogens is 260 g/mol. The highest BCUT2D eigenvalue weighted by molar-refractivity contribution is 5.96. The van der Waals surface area contributed by atoms with Crippen LogP contribution in [0.25, 0.3) is 0 Å². The van der Waals surface area contributed by atoms with E-state index in [1.807, 2.05) is 13.8 Å². The zero-order chi connectivity index (χ0) is 14.6. The van der Waals surface area contributed by atoms with Gasteiger partial charge in [-0.2, -0.15) is 5.10 Å². The number of aromatic hydroxyl groups is 1. The van der Waals surface area contributed by atoms with Gasteiger partial charge >= 0.3 is 0 Å². The predicted molar refractivity (Wildman–Crippen MR) is 73.6 cm³/mol. The third-order valence-corrected chi connectivity index (χ3v) is 3.31. The zero-order valence-electron chi connectivity index (χ0n) is 11.5. The number of benzene rings is 1. The Labute approximate surface area is 117 Å². The first-order valence-electron chi connectivity index (χ1n) is 6.31. The molecule has 0 radical (unpaired) electrons. The maximum absolute atomic E-state index is 11.9. The molecule has 0 unspecified atom stereocenters. The smallest absolute Gasteiger partial charge is 0.271 e. The second-order valence-electron chi connectivity index (χ2n) is 5.06. The van der Waals surface area contributed by atoms with Crippen molar-refractivity contribution in [1.82, 2.24) is 5.43 Å². The number of ether oxygens (including phenoxy) is 2. The number of phenols is 1. The van der Waals surface area contributed by atoms with Gasteiger partial charge in [-0.05, 0) is 32.0 Å². The molecule has 1 fully saturated rings. The molecule has 0 bridgehead atoms. The standard InChI is InChI=1S/C14H18N2O4/c1-10(14(2)7-19-9-20-8-14)15-16-13(18)11-4-3-5-12(17)6-11/h3-6,17H,7-9H2,1-2H3,(H,16,18)/b15-10+. The number of phenolic OH excluding ortho intramolecular Hbond substituents is 1. The molecule has 20 heavy (non-hydrogen) atoms. The van der Waals surface area contributed by atoms with Gasteiger partial charge in [0, 0.05) is 11.3 Å². The van der Waals surface area contributed by atoms with Crippen molar-refractivity contribution < 1.29 is 19.4 Å². The van der Waals surface area contributed by atoms with E-state index in [1.165, 1.54) is 12.1 Å². The van der Waals surface area contributed by atoms with E-state index in [0.29, 0.717) is 25.6 Å². The van der Waals surface area contributed by atoms with Crippen LogP contribution in [-0.4, -0.2) is 36.7 Å². The summed E-state index contributed by atoms with van der Waals surface area (Å²) in [5.41, 5.74) is 3.21. The van der Waals surface area contributed by atoms with Gasteiger partial charge in [0.2, 0.25) is 0 Å². The van der Waals surface area contributed by atoms with Crippen molar-refractivity contribution in [3.8, 4) is 5.75 Å². The van der Waals surface area contributed by atoms with Crippen molar-refractivity contribution in [2.45, 2.75) is 13.8 Å². The summed E-state index contributed by atoms with van der Waals surface area (Å²) in [6.07, 6.45) is 0. The summed E-state index contributed by atoms with van der Waals surface area (Å²) in [5.74, 6) is -0.333. The monoisotopic (exact) mass is 278 g/mol. The minimum Gasteiger partial charge on any atom is -0.508 e. The van der Waals surface area contributed by atoms with Crippen molar-refractivity contribution in [2.75, 3.05) is 20.0 Å². The lowest BCUT2D eigenvalue weighted by Gasteiger charge is -2.32. The van der Waals surface area contributed by atoms with Crippen LogP contribution in [0, 0.1) is 5.41 Å². The van der Waals surface area contributed by atoms with Gasteiger partial charge in [-0.25, -0.2) is 5.43 Å². The molecule has 2 N–H and O–H groups in total. The van der Waals surface area contributed by atoms with E-state index < -0.39 is 0 Å². The molecule has 1 amide bonds. The van der Waals surface area contributed by atoms with Crippen LogP contribution < -0.4 is 5.43 Å². The number of rotatable bonds is 3. The molecule has 1 saturated heterocycles. The largest absolute Gasteiger partial charge is 0.508 e. The lowest BCUT2D eigenvalue weighted by Crippen LogP contribution is -2.41. The highest BCUT2D eigenvalue weighted by atomic mass is 16.7. The molecule has 2 rings (SSSR count). The van der Waals surface area contributed by atoms with Gasteiger partial charge in [-0.3, -0.25) is 4.79 Å². The number of hydrazone groups is 1. The van der Waals surface area contributed by atoms with Gasteiger partial charge in [-0.1, -0.05) is 6.07 Å². The van der Waals surface area contributed by atoms with E-state index in [0.717, 1.165) is 5.71 Å². The van der Waals surface area contributed by atoms with Gasteiger partial charge in [0.1, 0.15) is 12.5 Å². The molecule has 0 atom stereocenters. The fourth-order valence-corrected chi connectivity index (χ4v) is 1.82. The van der Waals surface area contributed by atoms with Gasteiger partial charge < -0.3 is 14.6 Å². The van der Waals surface area contributed by atoms with Crippen LogP contribution in [0.2, 0.25) is 0 Å². The second-order valence-corrected chi connectivity index (χ2v) is 5.06. The summed E-state index contributed by atoms with van der Waals surface area (Å²) in [6, 6.07) is 6.09. The highest BCUT2D eigenvalue weighted by Gasteiger charge is 2.32. The summed E-state index contributed by atoms with van der Waals surface area (Å²) in [7, 11) is 0. The van der Waals surface area contributed by atoms with Crippen LogP contribution in [0.4, 0.5) is 0 Å². The Bertz CT molecular complexity index is 522. The molecule has 0 spiro atoms. The van der Waals surface area contributed by atoms with Crippen molar-refractivity contribution in [3.05, 3.63) is 29.8 Å². The van der Waals surface area contributed by atoms with Crippen LogP contribution in [0.15, 0.2) is 29.4 Å². The quantitative estimate of drug-likeness (QED) is 0.648. The summed E-state index contributed by atoms with van der Waals surface area (Å²) in [6.45, 7) is 5.08. The van der Waals surface area contributed by atoms with E-state index in [9.17, 15) is 9.90 Å². The Morgan fingerprint density at radius 1 is 1.40 bits per heavy atom. The van der Waals surface area contributed by atoms with E-state index in [2.05, 4.69) is 10.5 Å². The van der Waals surface area contributed by atoms with E-state index in [4.69, 9.17) is 9.47 Å². The van der Waals surface area contributed by atoms with Gasteiger partial charge in [0.15, 0.2) is 0 Å². The first-order valence-corrected chi connectivity index (χ1v) is 6.31. The summed E-state index contributed by atoms with van der Waals surface area (Å²) in [5, 5.41) is 13.4. The first kappa shape index (κ1) is 14.5. The maximum atomic E-state index is 11.9. The average Bonchev–Trinajstić information content (AvgIpc) is 2.45. The van der Waals surface area contributed by atoms with Crippen molar-refractivity contribution >= 4 is 11.6 Å². The van der Waals surface area contributed by atoms with Gasteiger partial charge in [-0.15, -0.1) is 0 Å². The molecule has 0 aliphatic carbocycles. The molecule has 1 aromatic rings. The Kier molecular flexibility index (Phi) is 4.36.